The lowest BCUT2D eigenvalue weighted by Gasteiger charge is -2.46. The maximum Gasteiger partial charge on any atom is 0.216 e. The number of sulfonamides is 1. The van der Waals surface area contributed by atoms with E-state index in [-0.39, 0.29) is 5.25 Å². The Kier molecular flexibility index (Phi) is 3.83. The van der Waals surface area contributed by atoms with E-state index in [0.717, 1.165) is 19.4 Å². The highest BCUT2D eigenvalue weighted by molar-refractivity contribution is 7.89. The van der Waals surface area contributed by atoms with Crippen molar-refractivity contribution in [2.24, 2.45) is 11.8 Å². The minimum absolute atomic E-state index is 0.279. The molecule has 0 N–H and O–H groups in total. The molecule has 1 heterocycles. The highest BCUT2D eigenvalue weighted by atomic mass is 32.2. The van der Waals surface area contributed by atoms with Crippen molar-refractivity contribution in [3.05, 3.63) is 0 Å². The van der Waals surface area contributed by atoms with Gasteiger partial charge in [0.05, 0.1) is 5.25 Å². The van der Waals surface area contributed by atoms with Crippen LogP contribution in [0.2, 0.25) is 0 Å². The predicted molar refractivity (Wildman–Crippen MR) is 70.3 cm³/mol. The molecule has 0 bridgehead atoms. The molecule has 4 heteroatoms. The molecule has 0 amide bonds. The van der Waals surface area contributed by atoms with Gasteiger partial charge in [0.25, 0.3) is 0 Å². The number of hydrogen-bond donors (Lipinski definition) is 0. The fourth-order valence-corrected chi connectivity index (χ4v) is 5.00. The average Bonchev–Trinajstić information content (AvgIpc) is 2.29. The van der Waals surface area contributed by atoms with Crippen molar-refractivity contribution in [2.45, 2.75) is 64.2 Å². The molecule has 0 spiro atoms. The van der Waals surface area contributed by atoms with Crippen LogP contribution in [-0.2, 0) is 10.0 Å². The lowest BCUT2D eigenvalue weighted by molar-refractivity contribution is 0.0822. The Hall–Kier alpha value is -0.0900. The molecule has 1 aliphatic carbocycles. The zero-order valence-corrected chi connectivity index (χ0v) is 12.0. The lowest BCUT2D eigenvalue weighted by Crippen LogP contribution is -2.53. The van der Waals surface area contributed by atoms with Gasteiger partial charge in [-0.2, -0.15) is 4.31 Å². The Morgan fingerprint density at radius 1 is 1.12 bits per heavy atom. The summed E-state index contributed by atoms with van der Waals surface area (Å²) in [5, 5.41) is -0.279. The molecule has 2 fully saturated rings. The van der Waals surface area contributed by atoms with E-state index in [2.05, 4.69) is 6.92 Å². The second-order valence-corrected chi connectivity index (χ2v) is 8.43. The van der Waals surface area contributed by atoms with Gasteiger partial charge in [0.2, 0.25) is 10.0 Å². The topological polar surface area (TPSA) is 37.4 Å². The third-order valence-electron chi connectivity index (χ3n) is 4.61. The van der Waals surface area contributed by atoms with E-state index in [1.54, 1.807) is 13.8 Å². The van der Waals surface area contributed by atoms with E-state index in [9.17, 15) is 8.42 Å². The molecule has 17 heavy (non-hydrogen) atoms. The van der Waals surface area contributed by atoms with E-state index in [1.807, 2.05) is 4.31 Å². The van der Waals surface area contributed by atoms with E-state index < -0.39 is 10.0 Å². The van der Waals surface area contributed by atoms with Crippen LogP contribution in [0.1, 0.15) is 52.9 Å². The summed E-state index contributed by atoms with van der Waals surface area (Å²) in [6.07, 6.45) is 5.79. The first-order chi connectivity index (χ1) is 7.94. The van der Waals surface area contributed by atoms with Crippen LogP contribution in [0.15, 0.2) is 0 Å². The zero-order valence-electron chi connectivity index (χ0n) is 11.2. The molecule has 2 aliphatic rings. The second-order valence-electron chi connectivity index (χ2n) is 5.99. The molecule has 3 unspecified atom stereocenters. The predicted octanol–water partition coefficient (Wildman–Crippen LogP) is 2.63. The average molecular weight is 259 g/mol. The molecule has 1 saturated heterocycles. The van der Waals surface area contributed by atoms with Gasteiger partial charge in [0, 0.05) is 12.6 Å². The molecule has 0 aromatic carbocycles. The van der Waals surface area contributed by atoms with Crippen molar-refractivity contribution in [2.75, 3.05) is 6.54 Å². The van der Waals surface area contributed by atoms with Gasteiger partial charge in [-0.25, -0.2) is 8.42 Å². The molecule has 1 aliphatic heterocycles. The molecule has 0 aromatic rings. The summed E-state index contributed by atoms with van der Waals surface area (Å²) in [4.78, 5) is 0. The van der Waals surface area contributed by atoms with E-state index in [1.165, 1.54) is 19.3 Å². The largest absolute Gasteiger partial charge is 0.216 e. The fraction of sp³-hybridized carbons (Fsp3) is 1.00. The fourth-order valence-electron chi connectivity index (χ4n) is 3.46. The Balaban J connectivity index is 2.24. The third kappa shape index (κ3) is 2.39. The first kappa shape index (κ1) is 13.3. The van der Waals surface area contributed by atoms with Crippen LogP contribution in [0.3, 0.4) is 0 Å². The molecule has 0 radical (unpaired) electrons. The number of fused-ring (bicyclic) bond motifs is 1. The van der Waals surface area contributed by atoms with Gasteiger partial charge in [-0.15, -0.1) is 0 Å². The van der Waals surface area contributed by atoms with E-state index in [0.29, 0.717) is 17.9 Å². The van der Waals surface area contributed by atoms with Crippen LogP contribution in [-0.4, -0.2) is 30.6 Å². The van der Waals surface area contributed by atoms with E-state index >= 15 is 0 Å². The SMILES string of the molecule is CC1CCN(S(=O)(=O)C(C)C)C2CCCCC12. The summed E-state index contributed by atoms with van der Waals surface area (Å²) in [6, 6.07) is 0.292. The molecular weight excluding hydrogens is 234 g/mol. The van der Waals surface area contributed by atoms with Crippen molar-refractivity contribution in [3.63, 3.8) is 0 Å². The number of rotatable bonds is 2. The summed E-state index contributed by atoms with van der Waals surface area (Å²) >= 11 is 0. The number of nitrogens with zero attached hydrogens (tertiary/aromatic N) is 1. The van der Waals surface area contributed by atoms with Crippen LogP contribution in [0.5, 0.6) is 0 Å². The number of piperidine rings is 1. The lowest BCUT2D eigenvalue weighted by atomic mass is 9.74. The molecular formula is C13H25NO2S. The second kappa shape index (κ2) is 4.88. The quantitative estimate of drug-likeness (QED) is 0.764. The van der Waals surface area contributed by atoms with Crippen molar-refractivity contribution in [1.82, 2.24) is 4.31 Å². The van der Waals surface area contributed by atoms with Gasteiger partial charge in [-0.1, -0.05) is 19.8 Å². The molecule has 3 atom stereocenters. The van der Waals surface area contributed by atoms with Crippen molar-refractivity contribution in [3.8, 4) is 0 Å². The van der Waals surface area contributed by atoms with Crippen molar-refractivity contribution in [1.29, 1.82) is 0 Å². The highest BCUT2D eigenvalue weighted by Gasteiger charge is 2.42. The van der Waals surface area contributed by atoms with Crippen LogP contribution in [0, 0.1) is 11.8 Å². The van der Waals surface area contributed by atoms with Crippen LogP contribution in [0.25, 0.3) is 0 Å². The van der Waals surface area contributed by atoms with Gasteiger partial charge < -0.3 is 0 Å². The molecule has 100 valence electrons. The Morgan fingerprint density at radius 2 is 1.76 bits per heavy atom. The van der Waals surface area contributed by atoms with Gasteiger partial charge in [0.15, 0.2) is 0 Å². The van der Waals surface area contributed by atoms with Gasteiger partial charge >= 0.3 is 0 Å². The summed E-state index contributed by atoms with van der Waals surface area (Å²) in [5.74, 6) is 1.30. The minimum atomic E-state index is -3.06. The summed E-state index contributed by atoms with van der Waals surface area (Å²) in [7, 11) is -3.06. The van der Waals surface area contributed by atoms with Crippen LogP contribution in [0.4, 0.5) is 0 Å². The minimum Gasteiger partial charge on any atom is -0.212 e. The maximum absolute atomic E-state index is 12.4. The standard InChI is InChI=1S/C13H25NO2S/c1-10(2)17(15,16)14-9-8-11(3)12-6-4-5-7-13(12)14/h10-13H,4-9H2,1-3H3. The Labute approximate surface area is 106 Å². The van der Waals surface area contributed by atoms with Gasteiger partial charge in [-0.3, -0.25) is 0 Å². The normalized spacial score (nSPS) is 35.9. The summed E-state index contributed by atoms with van der Waals surface area (Å²) in [5.41, 5.74) is 0. The third-order valence-corrected chi connectivity index (χ3v) is 6.91. The Bertz CT molecular complexity index is 364. The zero-order chi connectivity index (χ0) is 12.6. The molecule has 0 aromatic heterocycles. The van der Waals surface area contributed by atoms with Gasteiger partial charge in [0.1, 0.15) is 0 Å². The van der Waals surface area contributed by atoms with E-state index in [4.69, 9.17) is 0 Å². The first-order valence-corrected chi connectivity index (χ1v) is 8.45. The monoisotopic (exact) mass is 259 g/mol. The highest BCUT2D eigenvalue weighted by Crippen LogP contribution is 2.40. The molecule has 1 saturated carbocycles. The number of hydrogen-bond acceptors (Lipinski definition) is 2. The molecule has 2 rings (SSSR count). The summed E-state index contributed by atoms with van der Waals surface area (Å²) in [6.45, 7) is 6.63. The molecule has 3 nitrogen and oxygen atoms in total. The maximum atomic E-state index is 12.4. The summed E-state index contributed by atoms with van der Waals surface area (Å²) < 4.78 is 26.6. The van der Waals surface area contributed by atoms with Crippen LogP contribution >= 0.6 is 0 Å². The Morgan fingerprint density at radius 3 is 2.41 bits per heavy atom. The van der Waals surface area contributed by atoms with Gasteiger partial charge in [-0.05, 0) is 44.9 Å². The first-order valence-electron chi connectivity index (χ1n) is 6.95. The smallest absolute Gasteiger partial charge is 0.212 e. The van der Waals surface area contributed by atoms with Crippen molar-refractivity contribution >= 4 is 10.0 Å². The van der Waals surface area contributed by atoms with Crippen molar-refractivity contribution < 1.29 is 8.42 Å². The van der Waals surface area contributed by atoms with Crippen LogP contribution < -0.4 is 0 Å².